The van der Waals surface area contributed by atoms with Gasteiger partial charge in [0.25, 0.3) is 11.8 Å². The van der Waals surface area contributed by atoms with Crippen LogP contribution in [0.25, 0.3) is 23.3 Å². The molecule has 0 spiro atoms. The summed E-state index contributed by atoms with van der Waals surface area (Å²) in [6.45, 7) is 0. The van der Waals surface area contributed by atoms with Crippen LogP contribution in [0.15, 0.2) is 52.9 Å². The summed E-state index contributed by atoms with van der Waals surface area (Å²) in [5, 5.41) is 23.8. The molecular formula is C24H14N2Na2O7. The molecule has 1 aromatic heterocycles. The number of carboxylic acid groups (broad SMARTS) is 2. The summed E-state index contributed by atoms with van der Waals surface area (Å²) in [5.41, 5.74) is 2.48. The number of amides is 2. The number of nitrogens with one attached hydrogen (secondary N) is 2. The summed E-state index contributed by atoms with van der Waals surface area (Å²) in [4.78, 5) is 47.3. The smallest absolute Gasteiger partial charge is 0.335 e. The first-order valence-corrected chi connectivity index (χ1v) is 9.71. The molecule has 0 saturated heterocycles. The number of furan rings is 1. The average molecular weight is 488 g/mol. The topological polar surface area (TPSA) is 146 Å². The van der Waals surface area contributed by atoms with E-state index in [4.69, 9.17) is 4.42 Å². The zero-order valence-corrected chi connectivity index (χ0v) is 22.7. The molecule has 4 N–H and O–H groups in total. The van der Waals surface area contributed by atoms with Crippen molar-refractivity contribution in [3.8, 4) is 0 Å². The van der Waals surface area contributed by atoms with Gasteiger partial charge in [-0.3, -0.25) is 9.59 Å². The Labute approximate surface area is 242 Å². The number of carboxylic acids is 2. The summed E-state index contributed by atoms with van der Waals surface area (Å²) in [7, 11) is 0. The van der Waals surface area contributed by atoms with Gasteiger partial charge < -0.3 is 25.3 Å². The average Bonchev–Trinajstić information content (AvgIpc) is 3.44. The van der Waals surface area contributed by atoms with Gasteiger partial charge in [0.15, 0.2) is 0 Å². The van der Waals surface area contributed by atoms with Gasteiger partial charge in [-0.05, 0) is 60.7 Å². The van der Waals surface area contributed by atoms with Crippen LogP contribution in [0.2, 0.25) is 0 Å². The first-order chi connectivity index (χ1) is 15.8. The van der Waals surface area contributed by atoms with E-state index in [0.717, 1.165) is 0 Å². The molecule has 35 heavy (non-hydrogen) atoms. The summed E-state index contributed by atoms with van der Waals surface area (Å²) < 4.78 is 5.74. The molecule has 3 aromatic rings. The molecular weight excluding hydrogens is 474 g/mol. The fraction of sp³-hybridized carbons (Fsp3) is 0. The normalized spacial score (nSPS) is 15.5. The van der Waals surface area contributed by atoms with E-state index >= 15 is 0 Å². The molecule has 2 radical (unpaired) electrons. The molecule has 0 atom stereocenters. The Morgan fingerprint density at radius 1 is 0.686 bits per heavy atom. The van der Waals surface area contributed by atoms with Crippen molar-refractivity contribution in [3.05, 3.63) is 82.3 Å². The van der Waals surface area contributed by atoms with Gasteiger partial charge in [-0.1, -0.05) is 0 Å². The predicted octanol–water partition coefficient (Wildman–Crippen LogP) is 2.90. The van der Waals surface area contributed by atoms with E-state index in [-0.39, 0.29) is 81.4 Å². The molecule has 11 heteroatoms. The van der Waals surface area contributed by atoms with Gasteiger partial charge >= 0.3 is 11.9 Å². The predicted molar refractivity (Wildman–Crippen MR) is 130 cm³/mol. The zero-order valence-electron chi connectivity index (χ0n) is 18.7. The fourth-order valence-electron chi connectivity index (χ4n) is 3.74. The van der Waals surface area contributed by atoms with Crippen LogP contribution < -0.4 is 10.6 Å². The summed E-state index contributed by atoms with van der Waals surface area (Å²) in [5.74, 6) is -2.37. The van der Waals surface area contributed by atoms with Crippen LogP contribution >= 0.6 is 0 Å². The third-order valence-corrected chi connectivity index (χ3v) is 5.32. The van der Waals surface area contributed by atoms with Crippen molar-refractivity contribution in [1.29, 1.82) is 0 Å². The number of carbonyl (C=O) groups excluding carboxylic acids is 2. The Morgan fingerprint density at radius 3 is 1.46 bits per heavy atom. The van der Waals surface area contributed by atoms with E-state index in [1.165, 1.54) is 48.6 Å². The standard InChI is InChI=1S/C24H14N2O7.2Na/c27-21-17(15-7-11(23(29)30)1-5-19(15)25-21)9-13-3-4-14(33-13)10-18-16-8-12(24(31)32)2-6-20(16)26-22(18)28;;/h1-10H,(H,25,27)(H,26,28)(H,29,30)(H,31,32);;. The monoisotopic (exact) mass is 488 g/mol. The number of rotatable bonds is 4. The molecule has 3 heterocycles. The van der Waals surface area contributed by atoms with Crippen molar-refractivity contribution in [1.82, 2.24) is 0 Å². The van der Waals surface area contributed by atoms with Crippen molar-refractivity contribution in [2.24, 2.45) is 0 Å². The van der Waals surface area contributed by atoms with E-state index in [9.17, 15) is 29.4 Å². The zero-order chi connectivity index (χ0) is 23.3. The number of anilines is 2. The number of hydrogen-bond donors (Lipinski definition) is 4. The van der Waals surface area contributed by atoms with Gasteiger partial charge in [0.2, 0.25) is 0 Å². The Balaban J connectivity index is 0.00000171. The number of aromatic carboxylic acids is 2. The van der Waals surface area contributed by atoms with Crippen molar-refractivity contribution in [2.45, 2.75) is 0 Å². The molecule has 0 bridgehead atoms. The Morgan fingerprint density at radius 2 is 1.09 bits per heavy atom. The van der Waals surface area contributed by atoms with Crippen molar-refractivity contribution < 1.29 is 33.8 Å². The van der Waals surface area contributed by atoms with Crippen LogP contribution in [0.3, 0.4) is 0 Å². The molecule has 2 aliphatic heterocycles. The minimum absolute atomic E-state index is 0. The van der Waals surface area contributed by atoms with Crippen molar-refractivity contribution in [2.75, 3.05) is 10.6 Å². The molecule has 2 aliphatic rings. The number of carbonyl (C=O) groups is 4. The van der Waals surface area contributed by atoms with E-state index in [0.29, 0.717) is 34.0 Å². The Kier molecular flexibility index (Phi) is 7.90. The summed E-state index contributed by atoms with van der Waals surface area (Å²) in [6, 6.07) is 11.9. The van der Waals surface area contributed by atoms with Crippen LogP contribution in [0.4, 0.5) is 11.4 Å². The molecule has 2 amide bonds. The molecule has 0 unspecified atom stereocenters. The van der Waals surface area contributed by atoms with Gasteiger partial charge in [-0.25, -0.2) is 9.59 Å². The molecule has 2 aromatic carbocycles. The van der Waals surface area contributed by atoms with E-state index in [2.05, 4.69) is 10.6 Å². The van der Waals surface area contributed by atoms with Crippen LogP contribution in [0.1, 0.15) is 43.4 Å². The van der Waals surface area contributed by atoms with Gasteiger partial charge in [0.1, 0.15) is 11.5 Å². The van der Waals surface area contributed by atoms with Crippen LogP contribution in [0, 0.1) is 0 Å². The Hall–Kier alpha value is -2.92. The van der Waals surface area contributed by atoms with Gasteiger partial charge in [0.05, 0.1) is 22.3 Å². The van der Waals surface area contributed by atoms with E-state index in [1.807, 2.05) is 0 Å². The van der Waals surface area contributed by atoms with Gasteiger partial charge in [-0.15, -0.1) is 0 Å². The second-order valence-electron chi connectivity index (χ2n) is 7.40. The maximum atomic E-state index is 12.4. The molecule has 164 valence electrons. The largest absolute Gasteiger partial charge is 0.478 e. The third-order valence-electron chi connectivity index (χ3n) is 5.32. The van der Waals surface area contributed by atoms with E-state index < -0.39 is 23.8 Å². The van der Waals surface area contributed by atoms with Crippen molar-refractivity contribution >= 4 is 118 Å². The molecule has 9 nitrogen and oxygen atoms in total. The molecule has 0 fully saturated rings. The number of hydrogen-bond acceptors (Lipinski definition) is 5. The second-order valence-corrected chi connectivity index (χ2v) is 7.40. The van der Waals surface area contributed by atoms with Gasteiger partial charge in [-0.2, -0.15) is 0 Å². The molecule has 5 rings (SSSR count). The van der Waals surface area contributed by atoms with E-state index in [1.54, 1.807) is 12.1 Å². The quantitative estimate of drug-likeness (QED) is 0.326. The first kappa shape index (κ1) is 26.7. The minimum atomic E-state index is -1.11. The minimum Gasteiger partial charge on any atom is -0.478 e. The fourth-order valence-corrected chi connectivity index (χ4v) is 3.74. The van der Waals surface area contributed by atoms with Crippen LogP contribution in [-0.2, 0) is 9.59 Å². The SMILES string of the molecule is O=C1Nc2ccc(C(=O)O)cc2C1=Cc1ccc(C=C2C(=O)Nc3ccc(C(=O)O)cc32)o1.[Na].[Na]. The second kappa shape index (κ2) is 10.4. The maximum Gasteiger partial charge on any atom is 0.335 e. The third kappa shape index (κ3) is 5.06. The summed E-state index contributed by atoms with van der Waals surface area (Å²) in [6.07, 6.45) is 2.97. The number of benzene rings is 2. The Bertz CT molecular complexity index is 1360. The van der Waals surface area contributed by atoms with Gasteiger partial charge in [0, 0.05) is 81.6 Å². The first-order valence-electron chi connectivity index (χ1n) is 9.71. The summed E-state index contributed by atoms with van der Waals surface area (Å²) >= 11 is 0. The van der Waals surface area contributed by atoms with Crippen LogP contribution in [0.5, 0.6) is 0 Å². The maximum absolute atomic E-state index is 12.4. The van der Waals surface area contributed by atoms with Crippen molar-refractivity contribution in [3.63, 3.8) is 0 Å². The van der Waals surface area contributed by atoms with Crippen LogP contribution in [-0.4, -0.2) is 93.1 Å². The molecule has 0 saturated carbocycles. The number of fused-ring (bicyclic) bond motifs is 2. The molecule has 0 aliphatic carbocycles.